The van der Waals surface area contributed by atoms with Crippen molar-refractivity contribution in [3.63, 3.8) is 0 Å². The third-order valence-electron chi connectivity index (χ3n) is 4.55. The first-order chi connectivity index (χ1) is 12.4. The van der Waals surface area contributed by atoms with Crippen molar-refractivity contribution < 1.29 is 14.7 Å². The summed E-state index contributed by atoms with van der Waals surface area (Å²) in [5, 5.41) is 14.0. The maximum absolute atomic E-state index is 12.5. The Balaban J connectivity index is 1.68. The molecule has 2 N–H and O–H groups in total. The van der Waals surface area contributed by atoms with Gasteiger partial charge in [-0.3, -0.25) is 9.59 Å². The number of nitrogens with zero attached hydrogens (tertiary/aromatic N) is 1. The predicted octanol–water partition coefficient (Wildman–Crippen LogP) is 3.10. The molecule has 2 aromatic rings. The van der Waals surface area contributed by atoms with E-state index >= 15 is 0 Å². The molecule has 0 bridgehead atoms. The SMILES string of the molecule is CC(O)(CNC(=O)c1cccc(N2CCCC2=O)c1)c1ccc(Cl)cc1. The Morgan fingerprint density at radius 2 is 2.00 bits per heavy atom. The van der Waals surface area contributed by atoms with Crippen molar-refractivity contribution >= 4 is 29.1 Å². The van der Waals surface area contributed by atoms with Gasteiger partial charge in [-0.15, -0.1) is 0 Å². The summed E-state index contributed by atoms with van der Waals surface area (Å²) in [5.41, 5.74) is 0.625. The fourth-order valence-corrected chi connectivity index (χ4v) is 3.13. The maximum Gasteiger partial charge on any atom is 0.251 e. The molecule has 1 fully saturated rings. The van der Waals surface area contributed by atoms with E-state index in [1.807, 2.05) is 6.07 Å². The number of amides is 2. The average molecular weight is 373 g/mol. The van der Waals surface area contributed by atoms with E-state index in [9.17, 15) is 14.7 Å². The first-order valence-corrected chi connectivity index (χ1v) is 8.92. The highest BCUT2D eigenvalue weighted by Gasteiger charge is 2.25. The number of aliphatic hydroxyl groups is 1. The lowest BCUT2D eigenvalue weighted by atomic mass is 9.96. The van der Waals surface area contributed by atoms with Crippen LogP contribution in [-0.2, 0) is 10.4 Å². The molecule has 0 radical (unpaired) electrons. The first kappa shape index (κ1) is 18.4. The van der Waals surface area contributed by atoms with Crippen LogP contribution >= 0.6 is 11.6 Å². The van der Waals surface area contributed by atoms with E-state index in [-0.39, 0.29) is 18.4 Å². The Hall–Kier alpha value is -2.37. The monoisotopic (exact) mass is 372 g/mol. The van der Waals surface area contributed by atoms with Crippen molar-refractivity contribution in [1.29, 1.82) is 0 Å². The van der Waals surface area contributed by atoms with Gasteiger partial charge in [0.15, 0.2) is 0 Å². The normalized spacial score (nSPS) is 16.4. The van der Waals surface area contributed by atoms with Gasteiger partial charge in [-0.2, -0.15) is 0 Å². The van der Waals surface area contributed by atoms with E-state index in [4.69, 9.17) is 11.6 Å². The summed E-state index contributed by atoms with van der Waals surface area (Å²) in [6, 6.07) is 13.8. The molecule has 1 saturated heterocycles. The number of nitrogens with one attached hydrogen (secondary N) is 1. The molecular weight excluding hydrogens is 352 g/mol. The van der Waals surface area contributed by atoms with Crippen molar-refractivity contribution in [3.05, 3.63) is 64.7 Å². The number of benzene rings is 2. The third kappa shape index (κ3) is 4.06. The third-order valence-corrected chi connectivity index (χ3v) is 4.80. The van der Waals surface area contributed by atoms with Gasteiger partial charge in [-0.05, 0) is 49.2 Å². The fourth-order valence-electron chi connectivity index (χ4n) is 3.00. The molecule has 5 nitrogen and oxygen atoms in total. The molecule has 1 unspecified atom stereocenters. The summed E-state index contributed by atoms with van der Waals surface area (Å²) in [7, 11) is 0. The number of anilines is 1. The zero-order valence-electron chi connectivity index (χ0n) is 14.5. The lowest BCUT2D eigenvalue weighted by Gasteiger charge is -2.24. The molecule has 0 saturated carbocycles. The standard InChI is InChI=1S/C20H21ClN2O3/c1-20(26,15-7-9-16(21)10-8-15)13-22-19(25)14-4-2-5-17(12-14)23-11-3-6-18(23)24/h2,4-5,7-10,12,26H,3,6,11,13H2,1H3,(H,22,25). The molecule has 1 aliphatic rings. The minimum atomic E-state index is -1.22. The first-order valence-electron chi connectivity index (χ1n) is 8.54. The van der Waals surface area contributed by atoms with E-state index in [1.54, 1.807) is 54.3 Å². The quantitative estimate of drug-likeness (QED) is 0.847. The lowest BCUT2D eigenvalue weighted by molar-refractivity contribution is -0.117. The molecule has 0 aromatic heterocycles. The van der Waals surface area contributed by atoms with Gasteiger partial charge < -0.3 is 15.3 Å². The molecule has 2 aromatic carbocycles. The number of rotatable bonds is 5. The van der Waals surface area contributed by atoms with Gasteiger partial charge in [0.1, 0.15) is 5.60 Å². The average Bonchev–Trinajstić information content (AvgIpc) is 3.06. The van der Waals surface area contributed by atoms with Crippen molar-refractivity contribution in [3.8, 4) is 0 Å². The smallest absolute Gasteiger partial charge is 0.251 e. The van der Waals surface area contributed by atoms with Gasteiger partial charge in [-0.25, -0.2) is 0 Å². The van der Waals surface area contributed by atoms with Crippen LogP contribution in [-0.4, -0.2) is 30.0 Å². The molecule has 26 heavy (non-hydrogen) atoms. The number of hydrogen-bond acceptors (Lipinski definition) is 3. The topological polar surface area (TPSA) is 69.6 Å². The van der Waals surface area contributed by atoms with E-state index < -0.39 is 5.60 Å². The van der Waals surface area contributed by atoms with Gasteiger partial charge in [0.2, 0.25) is 5.91 Å². The van der Waals surface area contributed by atoms with Crippen LogP contribution < -0.4 is 10.2 Å². The molecule has 2 amide bonds. The summed E-state index contributed by atoms with van der Waals surface area (Å²) < 4.78 is 0. The van der Waals surface area contributed by atoms with Crippen LogP contribution in [0.2, 0.25) is 5.02 Å². The maximum atomic E-state index is 12.5. The Labute approximate surface area is 157 Å². The lowest BCUT2D eigenvalue weighted by Crippen LogP contribution is -2.38. The Bertz CT molecular complexity index is 818. The van der Waals surface area contributed by atoms with E-state index in [0.717, 1.165) is 12.1 Å². The van der Waals surface area contributed by atoms with Crippen LogP contribution in [0.5, 0.6) is 0 Å². The molecule has 1 atom stereocenters. The van der Waals surface area contributed by atoms with Crippen molar-refractivity contribution in [2.45, 2.75) is 25.4 Å². The Morgan fingerprint density at radius 1 is 1.27 bits per heavy atom. The second-order valence-electron chi connectivity index (χ2n) is 6.66. The number of carbonyl (C=O) groups is 2. The zero-order chi connectivity index (χ0) is 18.7. The van der Waals surface area contributed by atoms with Crippen molar-refractivity contribution in [1.82, 2.24) is 5.32 Å². The van der Waals surface area contributed by atoms with Gasteiger partial charge in [-0.1, -0.05) is 29.8 Å². The molecule has 1 aliphatic heterocycles. The van der Waals surface area contributed by atoms with Crippen LogP contribution in [0.15, 0.2) is 48.5 Å². The molecule has 0 spiro atoms. The summed E-state index contributed by atoms with van der Waals surface area (Å²) >= 11 is 5.87. The van der Waals surface area contributed by atoms with E-state index in [2.05, 4.69) is 5.32 Å². The summed E-state index contributed by atoms with van der Waals surface area (Å²) in [6.45, 7) is 2.37. The van der Waals surface area contributed by atoms with E-state index in [1.165, 1.54) is 0 Å². The highest BCUT2D eigenvalue weighted by atomic mass is 35.5. The zero-order valence-corrected chi connectivity index (χ0v) is 15.3. The van der Waals surface area contributed by atoms with Gasteiger partial charge in [0.05, 0.1) is 6.54 Å². The van der Waals surface area contributed by atoms with Crippen molar-refractivity contribution in [2.24, 2.45) is 0 Å². The summed E-state index contributed by atoms with van der Waals surface area (Å²) in [4.78, 5) is 26.1. The minimum Gasteiger partial charge on any atom is -0.384 e. The molecular formula is C20H21ClN2O3. The summed E-state index contributed by atoms with van der Waals surface area (Å²) in [5.74, 6) is -0.221. The largest absolute Gasteiger partial charge is 0.384 e. The van der Waals surface area contributed by atoms with Crippen molar-refractivity contribution in [2.75, 3.05) is 18.0 Å². The van der Waals surface area contributed by atoms with Gasteiger partial charge in [0, 0.05) is 29.2 Å². The number of hydrogen-bond donors (Lipinski definition) is 2. The van der Waals surface area contributed by atoms with Crippen LogP contribution in [0.4, 0.5) is 5.69 Å². The number of carbonyl (C=O) groups excluding carboxylic acids is 2. The Morgan fingerprint density at radius 3 is 2.65 bits per heavy atom. The van der Waals surface area contributed by atoms with Gasteiger partial charge >= 0.3 is 0 Å². The van der Waals surface area contributed by atoms with Crippen LogP contribution in [0.25, 0.3) is 0 Å². The van der Waals surface area contributed by atoms with Crippen LogP contribution in [0.1, 0.15) is 35.7 Å². The molecule has 6 heteroatoms. The predicted molar refractivity (Wildman–Crippen MR) is 101 cm³/mol. The second kappa shape index (κ2) is 7.48. The molecule has 136 valence electrons. The highest BCUT2D eigenvalue weighted by molar-refractivity contribution is 6.30. The second-order valence-corrected chi connectivity index (χ2v) is 7.10. The van der Waals surface area contributed by atoms with Gasteiger partial charge in [0.25, 0.3) is 5.91 Å². The van der Waals surface area contributed by atoms with Crippen LogP contribution in [0, 0.1) is 0 Å². The van der Waals surface area contributed by atoms with E-state index in [0.29, 0.717) is 29.1 Å². The minimum absolute atomic E-state index is 0.0559. The molecule has 3 rings (SSSR count). The highest BCUT2D eigenvalue weighted by Crippen LogP contribution is 2.24. The summed E-state index contributed by atoms with van der Waals surface area (Å²) in [6.07, 6.45) is 1.37. The van der Waals surface area contributed by atoms with Crippen LogP contribution in [0.3, 0.4) is 0 Å². The molecule has 0 aliphatic carbocycles. The number of halogens is 1. The molecule has 1 heterocycles. The Kier molecular flexibility index (Phi) is 5.30. The fraction of sp³-hybridized carbons (Fsp3) is 0.300.